The van der Waals surface area contributed by atoms with Gasteiger partial charge in [-0.05, 0) is 28.1 Å². The van der Waals surface area contributed by atoms with E-state index in [1.165, 1.54) is 0 Å². The molecule has 2 saturated heterocycles. The molecule has 2 aliphatic rings. The first-order valence-electron chi connectivity index (χ1n) is 7.78. The van der Waals surface area contributed by atoms with Crippen LogP contribution in [0.5, 0.6) is 0 Å². The third-order valence-electron chi connectivity index (χ3n) is 4.23. The molecule has 0 aliphatic carbocycles. The SMILES string of the molecule is Brc1cnc2c(NCC3COC4(CCOCC4)O3)ccnc2c1. The average molecular weight is 380 g/mol. The second kappa shape index (κ2) is 6.32. The maximum absolute atomic E-state index is 6.13. The highest BCUT2D eigenvalue weighted by Gasteiger charge is 2.42. The van der Waals surface area contributed by atoms with Crippen LogP contribution in [-0.2, 0) is 14.2 Å². The molecule has 0 aromatic carbocycles. The number of fused-ring (bicyclic) bond motifs is 1. The van der Waals surface area contributed by atoms with Gasteiger partial charge in [0.25, 0.3) is 0 Å². The minimum atomic E-state index is -0.436. The molecule has 1 unspecified atom stereocenters. The quantitative estimate of drug-likeness (QED) is 0.884. The minimum Gasteiger partial charge on any atom is -0.381 e. The molecule has 1 atom stereocenters. The van der Waals surface area contributed by atoms with Crippen LogP contribution in [-0.4, -0.2) is 48.2 Å². The molecule has 1 N–H and O–H groups in total. The zero-order valence-electron chi connectivity index (χ0n) is 12.6. The molecule has 2 aromatic rings. The van der Waals surface area contributed by atoms with Crippen LogP contribution < -0.4 is 5.32 Å². The van der Waals surface area contributed by atoms with Crippen LogP contribution in [0.25, 0.3) is 11.0 Å². The van der Waals surface area contributed by atoms with Gasteiger partial charge in [-0.15, -0.1) is 0 Å². The van der Waals surface area contributed by atoms with Gasteiger partial charge < -0.3 is 19.5 Å². The van der Waals surface area contributed by atoms with Crippen LogP contribution in [0.15, 0.2) is 29.0 Å². The molecule has 0 radical (unpaired) electrons. The van der Waals surface area contributed by atoms with Crippen LogP contribution in [0.2, 0.25) is 0 Å². The molecule has 2 fully saturated rings. The van der Waals surface area contributed by atoms with Gasteiger partial charge in [0.15, 0.2) is 5.79 Å². The molecule has 2 aliphatic heterocycles. The van der Waals surface area contributed by atoms with Crippen molar-refractivity contribution >= 4 is 32.7 Å². The third-order valence-corrected chi connectivity index (χ3v) is 4.67. The number of pyridine rings is 2. The predicted molar refractivity (Wildman–Crippen MR) is 89.3 cm³/mol. The van der Waals surface area contributed by atoms with E-state index < -0.39 is 5.79 Å². The fourth-order valence-electron chi connectivity index (χ4n) is 3.03. The number of halogens is 1. The van der Waals surface area contributed by atoms with Crippen LogP contribution in [0.4, 0.5) is 5.69 Å². The first-order chi connectivity index (χ1) is 11.2. The van der Waals surface area contributed by atoms with Gasteiger partial charge in [-0.1, -0.05) is 0 Å². The monoisotopic (exact) mass is 379 g/mol. The lowest BCUT2D eigenvalue weighted by Crippen LogP contribution is -2.38. The van der Waals surface area contributed by atoms with Crippen molar-refractivity contribution in [2.45, 2.75) is 24.7 Å². The number of ether oxygens (including phenoxy) is 3. The number of nitrogens with zero attached hydrogens (tertiary/aromatic N) is 2. The zero-order valence-corrected chi connectivity index (χ0v) is 14.2. The van der Waals surface area contributed by atoms with Gasteiger partial charge >= 0.3 is 0 Å². The molecule has 0 saturated carbocycles. The van der Waals surface area contributed by atoms with Crippen molar-refractivity contribution < 1.29 is 14.2 Å². The van der Waals surface area contributed by atoms with Gasteiger partial charge in [-0.3, -0.25) is 9.97 Å². The first-order valence-corrected chi connectivity index (χ1v) is 8.57. The molecule has 4 heterocycles. The average Bonchev–Trinajstić information content (AvgIpc) is 2.95. The van der Waals surface area contributed by atoms with Gasteiger partial charge in [0.05, 0.1) is 31.0 Å². The molecule has 0 bridgehead atoms. The van der Waals surface area contributed by atoms with E-state index in [2.05, 4.69) is 31.2 Å². The van der Waals surface area contributed by atoms with Crippen molar-refractivity contribution in [2.75, 3.05) is 31.7 Å². The van der Waals surface area contributed by atoms with Gasteiger partial charge in [-0.2, -0.15) is 0 Å². The Morgan fingerprint density at radius 2 is 2.17 bits per heavy atom. The predicted octanol–water partition coefficient (Wildman–Crippen LogP) is 2.73. The Balaban J connectivity index is 1.44. The Kier molecular flexibility index (Phi) is 4.19. The first kappa shape index (κ1) is 15.3. The normalized spacial score (nSPS) is 23.4. The summed E-state index contributed by atoms with van der Waals surface area (Å²) in [5.74, 6) is -0.436. The number of nitrogens with one attached hydrogen (secondary N) is 1. The highest BCUT2D eigenvalue weighted by atomic mass is 79.9. The van der Waals surface area contributed by atoms with E-state index in [0.717, 1.165) is 34.0 Å². The van der Waals surface area contributed by atoms with Crippen molar-refractivity contribution in [1.82, 2.24) is 9.97 Å². The molecule has 2 aromatic heterocycles. The topological polar surface area (TPSA) is 65.5 Å². The summed E-state index contributed by atoms with van der Waals surface area (Å²) in [5.41, 5.74) is 2.67. The Morgan fingerprint density at radius 3 is 3.04 bits per heavy atom. The molecule has 4 rings (SSSR count). The molecule has 6 nitrogen and oxygen atoms in total. The second-order valence-corrected chi connectivity index (χ2v) is 6.75. The smallest absolute Gasteiger partial charge is 0.173 e. The van der Waals surface area contributed by atoms with Crippen LogP contribution in [0.3, 0.4) is 0 Å². The van der Waals surface area contributed by atoms with Crippen molar-refractivity contribution in [1.29, 1.82) is 0 Å². The summed E-state index contributed by atoms with van der Waals surface area (Å²) in [6.07, 6.45) is 5.20. The van der Waals surface area contributed by atoms with Crippen molar-refractivity contribution in [2.24, 2.45) is 0 Å². The lowest BCUT2D eigenvalue weighted by Gasteiger charge is -2.31. The van der Waals surface area contributed by atoms with E-state index >= 15 is 0 Å². The molecular formula is C16H18BrN3O3. The number of hydrogen-bond acceptors (Lipinski definition) is 6. The summed E-state index contributed by atoms with van der Waals surface area (Å²) in [7, 11) is 0. The summed E-state index contributed by atoms with van der Waals surface area (Å²) in [4.78, 5) is 8.80. The van der Waals surface area contributed by atoms with E-state index in [9.17, 15) is 0 Å². The number of anilines is 1. The summed E-state index contributed by atoms with van der Waals surface area (Å²) in [6, 6.07) is 3.89. The molecule has 0 amide bonds. The van der Waals surface area contributed by atoms with Gasteiger partial charge in [0, 0.05) is 36.3 Å². The van der Waals surface area contributed by atoms with E-state index in [4.69, 9.17) is 14.2 Å². The highest BCUT2D eigenvalue weighted by Crippen LogP contribution is 2.33. The lowest BCUT2D eigenvalue weighted by molar-refractivity contribution is -0.209. The third kappa shape index (κ3) is 3.19. The molecule has 7 heteroatoms. The second-order valence-electron chi connectivity index (χ2n) is 5.83. The van der Waals surface area contributed by atoms with E-state index in [0.29, 0.717) is 26.4 Å². The number of rotatable bonds is 3. The Labute approximate surface area is 142 Å². The van der Waals surface area contributed by atoms with E-state index in [1.54, 1.807) is 12.4 Å². The Bertz CT molecular complexity index is 706. The highest BCUT2D eigenvalue weighted by molar-refractivity contribution is 9.10. The number of hydrogen-bond donors (Lipinski definition) is 1. The van der Waals surface area contributed by atoms with E-state index in [1.807, 2.05) is 12.1 Å². The minimum absolute atomic E-state index is 0.0340. The summed E-state index contributed by atoms with van der Waals surface area (Å²) in [5, 5.41) is 3.42. The Hall–Kier alpha value is -1.28. The maximum atomic E-state index is 6.13. The zero-order chi connectivity index (χ0) is 15.7. The van der Waals surface area contributed by atoms with Crippen LogP contribution in [0.1, 0.15) is 12.8 Å². The van der Waals surface area contributed by atoms with Crippen molar-refractivity contribution in [3.05, 3.63) is 29.0 Å². The molecule has 122 valence electrons. The fraction of sp³-hybridized carbons (Fsp3) is 0.500. The van der Waals surface area contributed by atoms with Gasteiger partial charge in [0.1, 0.15) is 11.6 Å². The molecule has 23 heavy (non-hydrogen) atoms. The summed E-state index contributed by atoms with van der Waals surface area (Å²) < 4.78 is 18.3. The fourth-order valence-corrected chi connectivity index (χ4v) is 3.35. The lowest BCUT2D eigenvalue weighted by atomic mass is 10.1. The molecular weight excluding hydrogens is 362 g/mol. The maximum Gasteiger partial charge on any atom is 0.173 e. The summed E-state index contributed by atoms with van der Waals surface area (Å²) >= 11 is 3.42. The summed E-state index contributed by atoms with van der Waals surface area (Å²) in [6.45, 7) is 2.69. The van der Waals surface area contributed by atoms with Crippen LogP contribution >= 0.6 is 15.9 Å². The van der Waals surface area contributed by atoms with Crippen molar-refractivity contribution in [3.8, 4) is 0 Å². The van der Waals surface area contributed by atoms with Crippen LogP contribution in [0, 0.1) is 0 Å². The van der Waals surface area contributed by atoms with Gasteiger partial charge in [0.2, 0.25) is 0 Å². The number of aromatic nitrogens is 2. The molecule has 1 spiro atoms. The van der Waals surface area contributed by atoms with E-state index in [-0.39, 0.29) is 6.10 Å². The Morgan fingerprint density at radius 1 is 1.30 bits per heavy atom. The van der Waals surface area contributed by atoms with Gasteiger partial charge in [-0.25, -0.2) is 0 Å². The standard InChI is InChI=1S/C16H18BrN3O3/c17-11-7-14-15(20-8-11)13(1-4-18-14)19-9-12-10-22-16(23-12)2-5-21-6-3-16/h1,4,7-8,12H,2-3,5-6,9-10H2,(H,18,19). The van der Waals surface area contributed by atoms with Crippen molar-refractivity contribution in [3.63, 3.8) is 0 Å². The largest absolute Gasteiger partial charge is 0.381 e.